The Kier molecular flexibility index (Phi) is 6.80. The fourth-order valence-corrected chi connectivity index (χ4v) is 1.01. The third kappa shape index (κ3) is 4.28. The third-order valence-corrected chi connectivity index (χ3v) is 3.20. The average Bonchev–Trinajstić information content (AvgIpc) is 2.12. The van der Waals surface area contributed by atoms with Crippen molar-refractivity contribution in [2.24, 2.45) is 0 Å². The summed E-state index contributed by atoms with van der Waals surface area (Å²) in [6, 6.07) is 0. The highest BCUT2D eigenvalue weighted by Gasteiger charge is 2.17. The normalized spacial score (nSPS) is 13.1. The fourth-order valence-electron chi connectivity index (χ4n) is 0.860. The number of hydrogen-bond donors (Lipinski definition) is 0. The van der Waals surface area contributed by atoms with E-state index in [9.17, 15) is 4.79 Å². The summed E-state index contributed by atoms with van der Waals surface area (Å²) >= 11 is 2.12. The maximum Gasteiger partial charge on any atom is 0.319 e. The van der Waals surface area contributed by atoms with Crippen molar-refractivity contribution in [2.75, 3.05) is 0 Å². The predicted octanol–water partition coefficient (Wildman–Crippen LogP) is 2.93. The molecule has 0 rings (SSSR count). The molecule has 1 unspecified atom stereocenters. The van der Waals surface area contributed by atoms with E-state index < -0.39 is 0 Å². The number of ether oxygens (including phenoxy) is 1. The molecule has 0 heterocycles. The Morgan fingerprint density at radius 3 is 2.08 bits per heavy atom. The van der Waals surface area contributed by atoms with Gasteiger partial charge in [-0.05, 0) is 19.3 Å². The van der Waals surface area contributed by atoms with Crippen LogP contribution in [0.3, 0.4) is 0 Å². The van der Waals surface area contributed by atoms with E-state index in [1.54, 1.807) is 0 Å². The van der Waals surface area contributed by atoms with E-state index in [4.69, 9.17) is 4.74 Å². The first kappa shape index (κ1) is 12.2. The molecular weight excluding hydrogens is 267 g/mol. The van der Waals surface area contributed by atoms with Gasteiger partial charge in [0.25, 0.3) is 0 Å². The van der Waals surface area contributed by atoms with E-state index in [2.05, 4.69) is 22.6 Å². The van der Waals surface area contributed by atoms with Gasteiger partial charge in [0, 0.05) is 0 Å². The van der Waals surface area contributed by atoms with Crippen molar-refractivity contribution in [3.63, 3.8) is 0 Å². The first-order valence-corrected chi connectivity index (χ1v) is 5.74. The molecule has 0 aromatic heterocycles. The van der Waals surface area contributed by atoms with Gasteiger partial charge in [-0.3, -0.25) is 4.79 Å². The summed E-state index contributed by atoms with van der Waals surface area (Å²) in [5.41, 5.74) is 0. The lowest BCUT2D eigenvalue weighted by atomic mass is 10.2. The summed E-state index contributed by atoms with van der Waals surface area (Å²) in [6.07, 6.45) is 2.78. The number of hydrogen-bond acceptors (Lipinski definition) is 2. The van der Waals surface area contributed by atoms with Gasteiger partial charge in [0.1, 0.15) is 10.0 Å². The number of esters is 1. The van der Waals surface area contributed by atoms with Gasteiger partial charge in [-0.1, -0.05) is 43.4 Å². The second-order valence-corrected chi connectivity index (χ2v) is 4.25. The molecule has 0 radical (unpaired) electrons. The van der Waals surface area contributed by atoms with Crippen LogP contribution in [0.5, 0.6) is 0 Å². The minimum Gasteiger partial charge on any atom is -0.462 e. The van der Waals surface area contributed by atoms with E-state index >= 15 is 0 Å². The van der Waals surface area contributed by atoms with Gasteiger partial charge in [0.15, 0.2) is 0 Å². The first-order chi connectivity index (χ1) is 5.65. The van der Waals surface area contributed by atoms with Crippen LogP contribution in [0.4, 0.5) is 0 Å². The SMILES string of the molecule is CCC(CC)OC(=O)C(I)CC. The second-order valence-electron chi connectivity index (χ2n) is 2.75. The third-order valence-electron chi connectivity index (χ3n) is 1.81. The Balaban J connectivity index is 3.81. The van der Waals surface area contributed by atoms with Crippen LogP contribution in [-0.2, 0) is 9.53 Å². The number of halogens is 1. The fraction of sp³-hybridized carbons (Fsp3) is 0.889. The van der Waals surface area contributed by atoms with E-state index in [1.165, 1.54) is 0 Å². The van der Waals surface area contributed by atoms with Crippen molar-refractivity contribution in [3.8, 4) is 0 Å². The zero-order chi connectivity index (χ0) is 9.56. The Morgan fingerprint density at radius 1 is 1.25 bits per heavy atom. The highest BCUT2D eigenvalue weighted by Crippen LogP contribution is 2.11. The second kappa shape index (κ2) is 6.69. The smallest absolute Gasteiger partial charge is 0.319 e. The summed E-state index contributed by atoms with van der Waals surface area (Å²) in [6.45, 7) is 6.07. The molecule has 0 amide bonds. The number of alkyl halides is 1. The molecule has 3 heteroatoms. The molecular formula is C9H17IO2. The quantitative estimate of drug-likeness (QED) is 0.441. The molecule has 0 aliphatic heterocycles. The molecule has 0 bridgehead atoms. The molecule has 72 valence electrons. The number of carbonyl (C=O) groups excluding carboxylic acids is 1. The van der Waals surface area contributed by atoms with Crippen LogP contribution in [-0.4, -0.2) is 16.0 Å². The average molecular weight is 284 g/mol. The van der Waals surface area contributed by atoms with Crippen molar-refractivity contribution < 1.29 is 9.53 Å². The van der Waals surface area contributed by atoms with Crippen LogP contribution < -0.4 is 0 Å². The summed E-state index contributed by atoms with van der Waals surface area (Å²) in [5.74, 6) is -0.0631. The molecule has 2 nitrogen and oxygen atoms in total. The Morgan fingerprint density at radius 2 is 1.75 bits per heavy atom. The van der Waals surface area contributed by atoms with E-state index in [-0.39, 0.29) is 16.0 Å². The lowest BCUT2D eigenvalue weighted by molar-refractivity contribution is -0.148. The van der Waals surface area contributed by atoms with Gasteiger partial charge in [-0.2, -0.15) is 0 Å². The van der Waals surface area contributed by atoms with E-state index in [0.717, 1.165) is 19.3 Å². The molecule has 0 aromatic carbocycles. The number of carbonyl (C=O) groups is 1. The maximum atomic E-state index is 11.3. The molecule has 1 atom stereocenters. The lowest BCUT2D eigenvalue weighted by Crippen LogP contribution is -2.23. The van der Waals surface area contributed by atoms with Crippen LogP contribution in [0.1, 0.15) is 40.0 Å². The van der Waals surface area contributed by atoms with Crippen molar-refractivity contribution >= 4 is 28.6 Å². The van der Waals surface area contributed by atoms with E-state index in [1.807, 2.05) is 20.8 Å². The summed E-state index contributed by atoms with van der Waals surface area (Å²) in [4.78, 5) is 11.3. The van der Waals surface area contributed by atoms with Crippen molar-refractivity contribution in [1.82, 2.24) is 0 Å². The van der Waals surface area contributed by atoms with Gasteiger partial charge in [-0.15, -0.1) is 0 Å². The predicted molar refractivity (Wildman–Crippen MR) is 58.6 cm³/mol. The molecule has 0 fully saturated rings. The van der Waals surface area contributed by atoms with Gasteiger partial charge >= 0.3 is 5.97 Å². The van der Waals surface area contributed by atoms with Gasteiger partial charge in [-0.25, -0.2) is 0 Å². The van der Waals surface area contributed by atoms with Gasteiger partial charge < -0.3 is 4.74 Å². The van der Waals surface area contributed by atoms with Crippen molar-refractivity contribution in [3.05, 3.63) is 0 Å². The molecule has 0 aliphatic carbocycles. The van der Waals surface area contributed by atoms with Crippen molar-refractivity contribution in [2.45, 2.75) is 50.1 Å². The minimum atomic E-state index is -0.0631. The minimum absolute atomic E-state index is 0.0169. The number of rotatable bonds is 5. The molecule has 0 N–H and O–H groups in total. The van der Waals surface area contributed by atoms with Gasteiger partial charge in [0.05, 0.1) is 0 Å². The highest BCUT2D eigenvalue weighted by molar-refractivity contribution is 14.1. The monoisotopic (exact) mass is 284 g/mol. The first-order valence-electron chi connectivity index (χ1n) is 4.50. The van der Waals surface area contributed by atoms with Crippen LogP contribution in [0.25, 0.3) is 0 Å². The molecule has 0 aliphatic rings. The lowest BCUT2D eigenvalue weighted by Gasteiger charge is -2.15. The summed E-state index contributed by atoms with van der Waals surface area (Å²) in [5, 5.41) is 0. The Hall–Kier alpha value is 0.200. The summed E-state index contributed by atoms with van der Waals surface area (Å²) in [7, 11) is 0. The molecule has 12 heavy (non-hydrogen) atoms. The summed E-state index contributed by atoms with van der Waals surface area (Å²) < 4.78 is 5.27. The largest absolute Gasteiger partial charge is 0.462 e. The maximum absolute atomic E-state index is 11.3. The zero-order valence-corrected chi connectivity index (χ0v) is 10.1. The standard InChI is InChI=1S/C9H17IO2/c1-4-7(5-2)12-9(11)8(10)6-3/h7-8H,4-6H2,1-3H3. The van der Waals surface area contributed by atoms with Crippen LogP contribution in [0.2, 0.25) is 0 Å². The Labute approximate surface area is 88.2 Å². The van der Waals surface area contributed by atoms with E-state index in [0.29, 0.717) is 0 Å². The molecule has 0 saturated carbocycles. The molecule has 0 spiro atoms. The van der Waals surface area contributed by atoms with Crippen LogP contribution in [0.15, 0.2) is 0 Å². The Bertz CT molecular complexity index is 132. The topological polar surface area (TPSA) is 26.3 Å². The highest BCUT2D eigenvalue weighted by atomic mass is 127. The van der Waals surface area contributed by atoms with Crippen LogP contribution >= 0.6 is 22.6 Å². The van der Waals surface area contributed by atoms with Crippen LogP contribution in [0, 0.1) is 0 Å². The molecule has 0 saturated heterocycles. The van der Waals surface area contributed by atoms with Crippen molar-refractivity contribution in [1.29, 1.82) is 0 Å². The zero-order valence-electron chi connectivity index (χ0n) is 7.97. The van der Waals surface area contributed by atoms with Gasteiger partial charge in [0.2, 0.25) is 0 Å². The molecule has 0 aromatic rings.